The minimum Gasteiger partial charge on any atom is -0.490 e. The topological polar surface area (TPSA) is 76.4 Å². The largest absolute Gasteiger partial charge is 0.490 e. The summed E-state index contributed by atoms with van der Waals surface area (Å²) in [5.41, 5.74) is 5.75. The number of fused-ring (bicyclic) bond motifs is 1. The minimum atomic E-state index is 0.0409. The molecule has 2 heterocycles. The number of nitrogens with zero attached hydrogens (tertiary/aromatic N) is 3. The Kier molecular flexibility index (Phi) is 11.9. The van der Waals surface area contributed by atoms with Gasteiger partial charge in [0.1, 0.15) is 12.4 Å². The fraction of sp³-hybridized carbons (Fsp3) is 0.559. The summed E-state index contributed by atoms with van der Waals surface area (Å²) in [6.45, 7) is 6.11. The molecule has 2 aliphatic rings. The van der Waals surface area contributed by atoms with Crippen LogP contribution < -0.4 is 9.64 Å². The van der Waals surface area contributed by atoms with E-state index in [9.17, 15) is 0 Å². The van der Waals surface area contributed by atoms with Gasteiger partial charge in [-0.25, -0.2) is 4.98 Å². The average Bonchev–Trinajstić information content (AvgIpc) is 3.46. The van der Waals surface area contributed by atoms with Crippen LogP contribution in [0.2, 0.25) is 0 Å². The van der Waals surface area contributed by atoms with Gasteiger partial charge in [-0.15, -0.1) is 0 Å². The number of anilines is 1. The first-order valence-electron chi connectivity index (χ1n) is 15.5. The lowest BCUT2D eigenvalue weighted by Gasteiger charge is -2.38. The molecule has 9 nitrogen and oxygen atoms in total. The van der Waals surface area contributed by atoms with E-state index < -0.39 is 0 Å². The predicted octanol–water partition coefficient (Wildman–Crippen LogP) is 5.26. The second-order valence-electron chi connectivity index (χ2n) is 11.4. The Balaban J connectivity index is 1.29. The van der Waals surface area contributed by atoms with Gasteiger partial charge in [-0.3, -0.25) is 0 Å². The molecule has 2 aromatic carbocycles. The summed E-state index contributed by atoms with van der Waals surface area (Å²) in [7, 11) is 5.45. The highest BCUT2D eigenvalue weighted by Crippen LogP contribution is 2.39. The van der Waals surface area contributed by atoms with Crippen LogP contribution in [0.25, 0.3) is 0 Å². The maximum Gasteiger partial charge on any atom is 0.142 e. The zero-order valence-electron chi connectivity index (χ0n) is 25.9. The molecular weight excluding hydrogens is 546 g/mol. The Morgan fingerprint density at radius 2 is 1.65 bits per heavy atom. The van der Waals surface area contributed by atoms with Gasteiger partial charge in [0.05, 0.1) is 75.7 Å². The SMILES string of the molecule is COCCCN1CCOc2ccc(CO[C@H]3CCC[C@@H](OCc4cncn4C)[C@@H]3c3ccc(COCCOC)cc3)cc21. The molecule has 0 bridgehead atoms. The van der Waals surface area contributed by atoms with E-state index in [-0.39, 0.29) is 18.1 Å². The van der Waals surface area contributed by atoms with Crippen LogP contribution in [0.1, 0.15) is 54.0 Å². The average molecular weight is 594 g/mol. The molecular formula is C34H47N3O6. The smallest absolute Gasteiger partial charge is 0.142 e. The summed E-state index contributed by atoms with van der Waals surface area (Å²) in [5, 5.41) is 0. The third kappa shape index (κ3) is 8.58. The Hall–Kier alpha value is -2.95. The van der Waals surface area contributed by atoms with Gasteiger partial charge < -0.3 is 37.9 Å². The number of imidazole rings is 1. The van der Waals surface area contributed by atoms with Gasteiger partial charge in [0.15, 0.2) is 0 Å². The quantitative estimate of drug-likeness (QED) is 0.208. The first kappa shape index (κ1) is 31.5. The first-order valence-corrected chi connectivity index (χ1v) is 15.5. The van der Waals surface area contributed by atoms with Crippen LogP contribution in [-0.2, 0) is 50.6 Å². The zero-order valence-corrected chi connectivity index (χ0v) is 25.9. The van der Waals surface area contributed by atoms with E-state index in [4.69, 9.17) is 28.4 Å². The standard InChI is InChI=1S/C34H47N3O6/c1-36-25-35-21-29(36)24-43-33-7-4-6-32(34(33)28-11-8-26(9-12-28)22-40-19-18-39-3)42-23-27-10-13-31-30(20-27)37(15-17-41-31)14-5-16-38-2/h8-13,20-21,25,32-34H,4-7,14-19,22-24H2,1-3H3/t32-,33+,34+/m0/s1. The third-order valence-corrected chi connectivity index (χ3v) is 8.43. The highest BCUT2D eigenvalue weighted by Gasteiger charge is 2.36. The maximum absolute atomic E-state index is 6.76. The van der Waals surface area contributed by atoms with Crippen LogP contribution in [0, 0.1) is 0 Å². The molecule has 0 saturated heterocycles. The van der Waals surface area contributed by atoms with Gasteiger partial charge in [0.25, 0.3) is 0 Å². The summed E-state index contributed by atoms with van der Waals surface area (Å²) in [5.74, 6) is 1.06. The van der Waals surface area contributed by atoms with Crippen molar-refractivity contribution in [3.8, 4) is 5.75 Å². The van der Waals surface area contributed by atoms with Gasteiger partial charge in [-0.1, -0.05) is 30.3 Å². The molecule has 1 aliphatic carbocycles. The molecule has 5 rings (SSSR count). The molecule has 234 valence electrons. The van der Waals surface area contributed by atoms with E-state index in [2.05, 4.69) is 52.3 Å². The molecule has 0 unspecified atom stereocenters. The number of hydrogen-bond donors (Lipinski definition) is 0. The van der Waals surface area contributed by atoms with Gasteiger partial charge in [0, 0.05) is 40.3 Å². The Morgan fingerprint density at radius 1 is 0.884 bits per heavy atom. The molecule has 43 heavy (non-hydrogen) atoms. The second kappa shape index (κ2) is 16.2. The minimum absolute atomic E-state index is 0.0409. The fourth-order valence-corrected chi connectivity index (χ4v) is 6.05. The summed E-state index contributed by atoms with van der Waals surface area (Å²) in [6, 6.07) is 15.2. The van der Waals surface area contributed by atoms with E-state index in [0.717, 1.165) is 73.6 Å². The normalized spacial score (nSPS) is 20.2. The Morgan fingerprint density at radius 3 is 2.40 bits per heavy atom. The molecule has 1 fully saturated rings. The van der Waals surface area contributed by atoms with Crippen molar-refractivity contribution < 1.29 is 28.4 Å². The summed E-state index contributed by atoms with van der Waals surface area (Å²) >= 11 is 0. The van der Waals surface area contributed by atoms with E-state index in [1.165, 1.54) is 5.56 Å². The number of aryl methyl sites for hydroxylation is 1. The molecule has 1 saturated carbocycles. The number of ether oxygens (including phenoxy) is 6. The summed E-state index contributed by atoms with van der Waals surface area (Å²) < 4.78 is 37.4. The van der Waals surface area contributed by atoms with Crippen LogP contribution in [0.15, 0.2) is 55.0 Å². The van der Waals surface area contributed by atoms with Crippen LogP contribution in [0.3, 0.4) is 0 Å². The van der Waals surface area contributed by atoms with Crippen molar-refractivity contribution in [2.24, 2.45) is 7.05 Å². The van der Waals surface area contributed by atoms with E-state index in [0.29, 0.717) is 39.6 Å². The number of aromatic nitrogens is 2. The van der Waals surface area contributed by atoms with Crippen molar-refractivity contribution in [3.63, 3.8) is 0 Å². The molecule has 9 heteroatoms. The van der Waals surface area contributed by atoms with Crippen LogP contribution in [0.5, 0.6) is 5.75 Å². The molecule has 3 aromatic rings. The van der Waals surface area contributed by atoms with Crippen molar-refractivity contribution in [1.29, 1.82) is 0 Å². The van der Waals surface area contributed by atoms with Gasteiger partial charge >= 0.3 is 0 Å². The molecule has 1 aromatic heterocycles. The number of rotatable bonds is 16. The Labute approximate surface area is 256 Å². The summed E-state index contributed by atoms with van der Waals surface area (Å²) in [6.07, 6.45) is 7.82. The second-order valence-corrected chi connectivity index (χ2v) is 11.4. The van der Waals surface area contributed by atoms with E-state index in [1.807, 2.05) is 24.1 Å². The number of benzene rings is 2. The predicted molar refractivity (Wildman–Crippen MR) is 166 cm³/mol. The highest BCUT2D eigenvalue weighted by molar-refractivity contribution is 5.61. The first-order chi connectivity index (χ1) is 21.2. The van der Waals surface area contributed by atoms with Crippen molar-refractivity contribution in [2.45, 2.75) is 63.6 Å². The zero-order chi connectivity index (χ0) is 29.9. The maximum atomic E-state index is 6.76. The highest BCUT2D eigenvalue weighted by atomic mass is 16.5. The van der Waals surface area contributed by atoms with E-state index >= 15 is 0 Å². The van der Waals surface area contributed by atoms with Crippen molar-refractivity contribution >= 4 is 5.69 Å². The molecule has 0 amide bonds. The molecule has 0 spiro atoms. The summed E-state index contributed by atoms with van der Waals surface area (Å²) in [4.78, 5) is 6.66. The lowest BCUT2D eigenvalue weighted by atomic mass is 9.79. The van der Waals surface area contributed by atoms with E-state index in [1.54, 1.807) is 14.2 Å². The molecule has 1 aliphatic heterocycles. The van der Waals surface area contributed by atoms with Crippen LogP contribution >= 0.6 is 0 Å². The van der Waals surface area contributed by atoms with Crippen molar-refractivity contribution in [1.82, 2.24) is 9.55 Å². The number of hydrogen-bond acceptors (Lipinski definition) is 8. The lowest BCUT2D eigenvalue weighted by molar-refractivity contribution is -0.0751. The fourth-order valence-electron chi connectivity index (χ4n) is 6.05. The van der Waals surface area contributed by atoms with Gasteiger partial charge in [-0.05, 0) is 54.5 Å². The monoisotopic (exact) mass is 593 g/mol. The van der Waals surface area contributed by atoms with Gasteiger partial charge in [0.2, 0.25) is 0 Å². The molecule has 0 radical (unpaired) electrons. The van der Waals surface area contributed by atoms with Crippen molar-refractivity contribution in [3.05, 3.63) is 77.4 Å². The molecule has 3 atom stereocenters. The third-order valence-electron chi connectivity index (χ3n) is 8.43. The van der Waals surface area contributed by atoms with Crippen LogP contribution in [-0.4, -0.2) is 75.5 Å². The Bertz CT molecular complexity index is 1250. The lowest BCUT2D eigenvalue weighted by Crippen LogP contribution is -2.37. The van der Waals surface area contributed by atoms with Crippen LogP contribution in [0.4, 0.5) is 5.69 Å². The van der Waals surface area contributed by atoms with Crippen molar-refractivity contribution in [2.75, 3.05) is 58.6 Å². The number of methoxy groups -OCH3 is 2. The molecule has 0 N–H and O–H groups in total. The van der Waals surface area contributed by atoms with Gasteiger partial charge in [-0.2, -0.15) is 0 Å².